The first kappa shape index (κ1) is 16.3. The van der Waals surface area contributed by atoms with E-state index in [4.69, 9.17) is 0 Å². The fraction of sp³-hybridized carbons (Fsp3) is 0.529. The topological polar surface area (TPSA) is 70.2 Å². The van der Waals surface area contributed by atoms with Crippen molar-refractivity contribution in [2.75, 3.05) is 18.4 Å². The number of nitrogens with one attached hydrogen (secondary N) is 3. The van der Waals surface area contributed by atoms with Gasteiger partial charge in [0.2, 0.25) is 5.91 Å². The number of hydrogen-bond acceptors (Lipinski definition) is 2. The van der Waals surface area contributed by atoms with Gasteiger partial charge in [-0.05, 0) is 50.7 Å². The van der Waals surface area contributed by atoms with Gasteiger partial charge in [0, 0.05) is 12.2 Å². The summed E-state index contributed by atoms with van der Waals surface area (Å²) >= 11 is 0. The molecule has 3 N–H and O–H groups in total. The second-order valence-electron chi connectivity index (χ2n) is 6.18. The van der Waals surface area contributed by atoms with Crippen LogP contribution in [0.5, 0.6) is 0 Å². The Labute approximate surface area is 131 Å². The molecule has 0 spiro atoms. The largest absolute Gasteiger partial charge is 0.338 e. The summed E-state index contributed by atoms with van der Waals surface area (Å²) < 4.78 is 0. The Bertz CT molecular complexity index is 542. The fourth-order valence-electron chi connectivity index (χ4n) is 2.72. The average molecular weight is 303 g/mol. The molecule has 0 saturated heterocycles. The lowest BCUT2D eigenvalue weighted by Crippen LogP contribution is -2.42. The predicted molar refractivity (Wildman–Crippen MR) is 88.0 cm³/mol. The van der Waals surface area contributed by atoms with Crippen LogP contribution in [0.1, 0.15) is 36.0 Å². The van der Waals surface area contributed by atoms with E-state index in [0.717, 1.165) is 16.8 Å². The molecule has 22 heavy (non-hydrogen) atoms. The van der Waals surface area contributed by atoms with Crippen molar-refractivity contribution in [1.82, 2.24) is 10.6 Å². The van der Waals surface area contributed by atoms with Crippen molar-refractivity contribution >= 4 is 17.6 Å². The molecule has 0 unspecified atom stereocenters. The highest BCUT2D eigenvalue weighted by Gasteiger charge is 2.18. The van der Waals surface area contributed by atoms with Crippen LogP contribution in [-0.2, 0) is 4.79 Å². The minimum Gasteiger partial charge on any atom is -0.338 e. The number of rotatable bonds is 5. The van der Waals surface area contributed by atoms with Gasteiger partial charge in [-0.2, -0.15) is 0 Å². The van der Waals surface area contributed by atoms with Crippen LogP contribution in [0.4, 0.5) is 10.5 Å². The van der Waals surface area contributed by atoms with E-state index in [0.29, 0.717) is 12.5 Å². The second kappa shape index (κ2) is 7.29. The zero-order valence-corrected chi connectivity index (χ0v) is 13.6. The van der Waals surface area contributed by atoms with Crippen molar-refractivity contribution in [3.8, 4) is 0 Å². The molecule has 1 aromatic rings. The number of amides is 3. The number of benzene rings is 1. The average Bonchev–Trinajstić information content (AvgIpc) is 2.38. The summed E-state index contributed by atoms with van der Waals surface area (Å²) in [7, 11) is 0. The van der Waals surface area contributed by atoms with Gasteiger partial charge in [-0.3, -0.25) is 4.79 Å². The Morgan fingerprint density at radius 3 is 2.27 bits per heavy atom. The van der Waals surface area contributed by atoms with Crippen LogP contribution in [0.15, 0.2) is 12.1 Å². The molecule has 0 bridgehead atoms. The van der Waals surface area contributed by atoms with Crippen LogP contribution >= 0.6 is 0 Å². The Hall–Kier alpha value is -2.04. The molecular formula is C17H25N3O2. The molecule has 0 aliphatic heterocycles. The summed E-state index contributed by atoms with van der Waals surface area (Å²) in [5.74, 6) is 0.395. The molecule has 5 heteroatoms. The van der Waals surface area contributed by atoms with Crippen molar-refractivity contribution in [2.45, 2.75) is 40.0 Å². The molecule has 0 heterocycles. The van der Waals surface area contributed by atoms with E-state index in [1.165, 1.54) is 24.8 Å². The maximum absolute atomic E-state index is 12.0. The van der Waals surface area contributed by atoms with Gasteiger partial charge in [-0.25, -0.2) is 4.79 Å². The van der Waals surface area contributed by atoms with E-state index in [1.54, 1.807) is 0 Å². The van der Waals surface area contributed by atoms with Crippen LogP contribution in [0, 0.1) is 26.7 Å². The highest BCUT2D eigenvalue weighted by atomic mass is 16.2. The van der Waals surface area contributed by atoms with Crippen molar-refractivity contribution in [3.63, 3.8) is 0 Å². The highest BCUT2D eigenvalue weighted by molar-refractivity contribution is 5.95. The van der Waals surface area contributed by atoms with Crippen molar-refractivity contribution < 1.29 is 9.59 Å². The first-order chi connectivity index (χ1) is 10.5. The molecule has 0 atom stereocenters. The maximum atomic E-state index is 12.0. The lowest BCUT2D eigenvalue weighted by atomic mass is 9.85. The summed E-state index contributed by atoms with van der Waals surface area (Å²) in [5, 5.41) is 8.27. The van der Waals surface area contributed by atoms with Gasteiger partial charge < -0.3 is 16.0 Å². The number of anilines is 1. The molecule has 1 fully saturated rings. The third-order valence-electron chi connectivity index (χ3n) is 4.13. The number of hydrogen-bond donors (Lipinski definition) is 3. The van der Waals surface area contributed by atoms with E-state index in [-0.39, 0.29) is 18.5 Å². The zero-order chi connectivity index (χ0) is 16.1. The van der Waals surface area contributed by atoms with Gasteiger partial charge in [0.1, 0.15) is 0 Å². The van der Waals surface area contributed by atoms with Crippen molar-refractivity contribution in [1.29, 1.82) is 0 Å². The van der Waals surface area contributed by atoms with E-state index in [1.807, 2.05) is 32.9 Å². The molecule has 5 nitrogen and oxygen atoms in total. The van der Waals surface area contributed by atoms with Gasteiger partial charge in [0.15, 0.2) is 0 Å². The fourth-order valence-corrected chi connectivity index (χ4v) is 2.72. The standard InChI is InChI=1S/C17H25N3O2/c1-11-7-12(2)16(13(3)8-11)20-15(21)10-19-17(22)18-9-14-5-4-6-14/h7-8,14H,4-6,9-10H2,1-3H3,(H,20,21)(H2,18,19,22). The molecule has 120 valence electrons. The Morgan fingerprint density at radius 1 is 1.09 bits per heavy atom. The number of aryl methyl sites for hydroxylation is 3. The highest BCUT2D eigenvalue weighted by Crippen LogP contribution is 2.25. The van der Waals surface area contributed by atoms with Gasteiger partial charge in [-0.15, -0.1) is 0 Å². The number of carbonyl (C=O) groups excluding carboxylic acids is 2. The van der Waals surface area contributed by atoms with Crippen LogP contribution in [-0.4, -0.2) is 25.0 Å². The second-order valence-corrected chi connectivity index (χ2v) is 6.18. The van der Waals surface area contributed by atoms with E-state index in [2.05, 4.69) is 16.0 Å². The third-order valence-corrected chi connectivity index (χ3v) is 4.13. The minimum absolute atomic E-state index is 0.0245. The van der Waals surface area contributed by atoms with Gasteiger partial charge in [0.05, 0.1) is 6.54 Å². The van der Waals surface area contributed by atoms with Crippen LogP contribution in [0.25, 0.3) is 0 Å². The summed E-state index contributed by atoms with van der Waals surface area (Å²) in [6.45, 7) is 6.63. The normalized spacial score (nSPS) is 14.1. The lowest BCUT2D eigenvalue weighted by molar-refractivity contribution is -0.115. The maximum Gasteiger partial charge on any atom is 0.315 e. The Balaban J connectivity index is 1.76. The van der Waals surface area contributed by atoms with E-state index >= 15 is 0 Å². The van der Waals surface area contributed by atoms with Gasteiger partial charge in [-0.1, -0.05) is 24.1 Å². The molecule has 1 saturated carbocycles. The van der Waals surface area contributed by atoms with Crippen LogP contribution < -0.4 is 16.0 Å². The lowest BCUT2D eigenvalue weighted by Gasteiger charge is -2.25. The van der Waals surface area contributed by atoms with E-state index in [9.17, 15) is 9.59 Å². The van der Waals surface area contributed by atoms with Crippen LogP contribution in [0.2, 0.25) is 0 Å². The quantitative estimate of drug-likeness (QED) is 0.782. The molecule has 0 radical (unpaired) electrons. The molecule has 1 aliphatic carbocycles. The number of urea groups is 1. The summed E-state index contributed by atoms with van der Waals surface area (Å²) in [6.07, 6.45) is 3.63. The van der Waals surface area contributed by atoms with Crippen molar-refractivity contribution in [2.24, 2.45) is 5.92 Å². The first-order valence-electron chi connectivity index (χ1n) is 7.85. The van der Waals surface area contributed by atoms with Crippen LogP contribution in [0.3, 0.4) is 0 Å². The predicted octanol–water partition coefficient (Wildman–Crippen LogP) is 2.65. The smallest absolute Gasteiger partial charge is 0.315 e. The monoisotopic (exact) mass is 303 g/mol. The molecule has 0 aromatic heterocycles. The van der Waals surface area contributed by atoms with Gasteiger partial charge in [0.25, 0.3) is 0 Å². The minimum atomic E-state index is -0.278. The molecule has 1 aromatic carbocycles. The zero-order valence-electron chi connectivity index (χ0n) is 13.6. The number of carbonyl (C=O) groups is 2. The molecule has 2 rings (SSSR count). The van der Waals surface area contributed by atoms with E-state index < -0.39 is 0 Å². The summed E-state index contributed by atoms with van der Waals surface area (Å²) in [4.78, 5) is 23.6. The van der Waals surface area contributed by atoms with Gasteiger partial charge >= 0.3 is 6.03 Å². The Morgan fingerprint density at radius 2 is 1.73 bits per heavy atom. The summed E-state index contributed by atoms with van der Waals surface area (Å²) in [5.41, 5.74) is 4.05. The molecule has 3 amide bonds. The molecular weight excluding hydrogens is 278 g/mol. The third kappa shape index (κ3) is 4.48. The molecule has 1 aliphatic rings. The first-order valence-corrected chi connectivity index (χ1v) is 7.85. The summed E-state index contributed by atoms with van der Waals surface area (Å²) in [6, 6.07) is 3.78. The SMILES string of the molecule is Cc1cc(C)c(NC(=O)CNC(=O)NCC2CCC2)c(C)c1. The van der Waals surface area contributed by atoms with Crippen molar-refractivity contribution in [3.05, 3.63) is 28.8 Å². The Kier molecular flexibility index (Phi) is 5.41.